The first-order valence-corrected chi connectivity index (χ1v) is 8.12. The molecule has 0 amide bonds. The molecule has 124 valence electrons. The van der Waals surface area contributed by atoms with Gasteiger partial charge in [-0.25, -0.2) is 15.0 Å². The molecule has 0 radical (unpaired) electrons. The average molecular weight is 323 g/mol. The van der Waals surface area contributed by atoms with Gasteiger partial charge in [-0.1, -0.05) is 6.07 Å². The van der Waals surface area contributed by atoms with E-state index in [1.54, 1.807) is 6.20 Å². The number of hydrogen-bond acceptors (Lipinski definition) is 7. The van der Waals surface area contributed by atoms with Crippen LogP contribution in [-0.2, 0) is 0 Å². The predicted molar refractivity (Wildman–Crippen MR) is 92.7 cm³/mol. The SMILES string of the molecule is C[C@@H](CN1CCN(c2ccccn2)CC1)Nc1nccnc1C#N. The molecule has 1 aliphatic rings. The molecule has 0 aromatic carbocycles. The van der Waals surface area contributed by atoms with Crippen molar-refractivity contribution in [2.24, 2.45) is 0 Å². The molecule has 0 saturated carbocycles. The van der Waals surface area contributed by atoms with E-state index in [4.69, 9.17) is 5.26 Å². The predicted octanol–water partition coefficient (Wildman–Crippen LogP) is 1.37. The number of rotatable bonds is 5. The summed E-state index contributed by atoms with van der Waals surface area (Å²) in [4.78, 5) is 17.4. The quantitative estimate of drug-likeness (QED) is 0.890. The highest BCUT2D eigenvalue weighted by Gasteiger charge is 2.19. The van der Waals surface area contributed by atoms with Crippen molar-refractivity contribution in [3.05, 3.63) is 42.5 Å². The Balaban J connectivity index is 1.50. The number of anilines is 2. The maximum atomic E-state index is 9.08. The molecular weight excluding hydrogens is 302 g/mol. The average Bonchev–Trinajstić information content (AvgIpc) is 2.63. The van der Waals surface area contributed by atoms with Gasteiger partial charge < -0.3 is 10.2 Å². The molecule has 24 heavy (non-hydrogen) atoms. The zero-order chi connectivity index (χ0) is 16.8. The zero-order valence-corrected chi connectivity index (χ0v) is 13.8. The molecule has 1 fully saturated rings. The molecular formula is C17H21N7. The van der Waals surface area contributed by atoms with Gasteiger partial charge in [0.2, 0.25) is 0 Å². The van der Waals surface area contributed by atoms with Gasteiger partial charge in [0.1, 0.15) is 11.9 Å². The van der Waals surface area contributed by atoms with Crippen LogP contribution >= 0.6 is 0 Å². The Morgan fingerprint density at radius 2 is 1.92 bits per heavy atom. The third kappa shape index (κ3) is 3.97. The largest absolute Gasteiger partial charge is 0.364 e. The summed E-state index contributed by atoms with van der Waals surface area (Å²) in [5.41, 5.74) is 0.337. The third-order valence-electron chi connectivity index (χ3n) is 4.06. The molecule has 0 spiro atoms. The highest BCUT2D eigenvalue weighted by Crippen LogP contribution is 2.14. The van der Waals surface area contributed by atoms with E-state index in [1.807, 2.05) is 18.3 Å². The van der Waals surface area contributed by atoms with Gasteiger partial charge >= 0.3 is 0 Å². The van der Waals surface area contributed by atoms with Crippen molar-refractivity contribution in [3.63, 3.8) is 0 Å². The number of nitriles is 1. The van der Waals surface area contributed by atoms with Crippen LogP contribution in [-0.4, -0.2) is 58.6 Å². The third-order valence-corrected chi connectivity index (χ3v) is 4.06. The summed E-state index contributed by atoms with van der Waals surface area (Å²) >= 11 is 0. The number of nitrogens with one attached hydrogen (secondary N) is 1. The van der Waals surface area contributed by atoms with E-state index in [1.165, 1.54) is 6.20 Å². The van der Waals surface area contributed by atoms with Gasteiger partial charge in [-0.05, 0) is 19.1 Å². The molecule has 7 nitrogen and oxygen atoms in total. The van der Waals surface area contributed by atoms with Crippen molar-refractivity contribution in [2.45, 2.75) is 13.0 Å². The molecule has 0 unspecified atom stereocenters. The number of pyridine rings is 1. The zero-order valence-electron chi connectivity index (χ0n) is 13.8. The van der Waals surface area contributed by atoms with Crippen molar-refractivity contribution in [3.8, 4) is 6.07 Å². The van der Waals surface area contributed by atoms with Crippen LogP contribution in [0.2, 0.25) is 0 Å². The summed E-state index contributed by atoms with van der Waals surface area (Å²) in [6, 6.07) is 8.27. The fourth-order valence-electron chi connectivity index (χ4n) is 2.89. The number of hydrogen-bond donors (Lipinski definition) is 1. The topological polar surface area (TPSA) is 81.0 Å². The smallest absolute Gasteiger partial charge is 0.182 e. The summed E-state index contributed by atoms with van der Waals surface area (Å²) in [5, 5.41) is 12.4. The van der Waals surface area contributed by atoms with Crippen LogP contribution < -0.4 is 10.2 Å². The van der Waals surface area contributed by atoms with Crippen molar-refractivity contribution < 1.29 is 0 Å². The maximum absolute atomic E-state index is 9.08. The van der Waals surface area contributed by atoms with Crippen LogP contribution in [0.1, 0.15) is 12.6 Å². The van der Waals surface area contributed by atoms with Gasteiger partial charge in [-0.3, -0.25) is 4.90 Å². The molecule has 0 bridgehead atoms. The van der Waals surface area contributed by atoms with Crippen LogP contribution in [0, 0.1) is 11.3 Å². The van der Waals surface area contributed by atoms with Crippen molar-refractivity contribution >= 4 is 11.6 Å². The van der Waals surface area contributed by atoms with E-state index in [0.717, 1.165) is 38.5 Å². The Hall–Kier alpha value is -2.72. The Bertz CT molecular complexity index is 690. The lowest BCUT2D eigenvalue weighted by atomic mass is 10.2. The number of piperazine rings is 1. The van der Waals surface area contributed by atoms with Crippen molar-refractivity contribution in [1.82, 2.24) is 19.9 Å². The second-order valence-corrected chi connectivity index (χ2v) is 5.89. The van der Waals surface area contributed by atoms with E-state index < -0.39 is 0 Å². The van der Waals surface area contributed by atoms with Crippen LogP contribution in [0.15, 0.2) is 36.8 Å². The number of aromatic nitrogens is 3. The first kappa shape index (κ1) is 16.1. The second kappa shape index (κ2) is 7.70. The van der Waals surface area contributed by atoms with Crippen LogP contribution in [0.3, 0.4) is 0 Å². The lowest BCUT2D eigenvalue weighted by Gasteiger charge is -2.36. The lowest BCUT2D eigenvalue weighted by Crippen LogP contribution is -2.49. The van der Waals surface area contributed by atoms with Gasteiger partial charge in [0.25, 0.3) is 0 Å². The molecule has 7 heteroatoms. The summed E-state index contributed by atoms with van der Waals surface area (Å²) in [5.74, 6) is 1.60. The molecule has 1 N–H and O–H groups in total. The highest BCUT2D eigenvalue weighted by atomic mass is 15.3. The summed E-state index contributed by atoms with van der Waals surface area (Å²) in [6.07, 6.45) is 4.97. The summed E-state index contributed by atoms with van der Waals surface area (Å²) < 4.78 is 0. The van der Waals surface area contributed by atoms with Gasteiger partial charge in [0.05, 0.1) is 0 Å². The van der Waals surface area contributed by atoms with Gasteiger partial charge in [-0.15, -0.1) is 0 Å². The molecule has 2 aromatic heterocycles. The number of nitrogens with zero attached hydrogens (tertiary/aromatic N) is 6. The molecule has 1 atom stereocenters. The van der Waals surface area contributed by atoms with Crippen molar-refractivity contribution in [2.75, 3.05) is 42.9 Å². The molecule has 0 aliphatic carbocycles. The van der Waals surface area contributed by atoms with E-state index >= 15 is 0 Å². The van der Waals surface area contributed by atoms with Gasteiger partial charge in [0.15, 0.2) is 11.5 Å². The summed E-state index contributed by atoms with van der Waals surface area (Å²) in [6.45, 7) is 6.93. The monoisotopic (exact) mass is 323 g/mol. The van der Waals surface area contributed by atoms with Crippen LogP contribution in [0.5, 0.6) is 0 Å². The normalized spacial score (nSPS) is 16.4. The van der Waals surface area contributed by atoms with E-state index in [9.17, 15) is 0 Å². The van der Waals surface area contributed by atoms with E-state index in [2.05, 4.69) is 49.1 Å². The first-order chi connectivity index (χ1) is 11.8. The molecule has 1 saturated heterocycles. The van der Waals surface area contributed by atoms with Crippen LogP contribution in [0.4, 0.5) is 11.6 Å². The molecule has 1 aliphatic heterocycles. The fraction of sp³-hybridized carbons (Fsp3) is 0.412. The fourth-order valence-corrected chi connectivity index (χ4v) is 2.89. The van der Waals surface area contributed by atoms with Crippen LogP contribution in [0.25, 0.3) is 0 Å². The van der Waals surface area contributed by atoms with Crippen molar-refractivity contribution in [1.29, 1.82) is 5.26 Å². The Morgan fingerprint density at radius 1 is 1.12 bits per heavy atom. The Labute approximate surface area is 142 Å². The minimum atomic E-state index is 0.190. The van der Waals surface area contributed by atoms with E-state index in [-0.39, 0.29) is 6.04 Å². The minimum absolute atomic E-state index is 0.190. The maximum Gasteiger partial charge on any atom is 0.182 e. The molecule has 2 aromatic rings. The minimum Gasteiger partial charge on any atom is -0.364 e. The Morgan fingerprint density at radius 3 is 2.62 bits per heavy atom. The summed E-state index contributed by atoms with van der Waals surface area (Å²) in [7, 11) is 0. The molecule has 3 heterocycles. The van der Waals surface area contributed by atoms with E-state index in [0.29, 0.717) is 11.5 Å². The highest BCUT2D eigenvalue weighted by molar-refractivity contribution is 5.47. The van der Waals surface area contributed by atoms with Gasteiger partial charge in [0, 0.05) is 57.4 Å². The van der Waals surface area contributed by atoms with Gasteiger partial charge in [-0.2, -0.15) is 5.26 Å². The first-order valence-electron chi connectivity index (χ1n) is 8.12. The Kier molecular flexibility index (Phi) is 5.18. The second-order valence-electron chi connectivity index (χ2n) is 5.89. The lowest BCUT2D eigenvalue weighted by molar-refractivity contribution is 0.250. The standard InChI is InChI=1S/C17H21N7/c1-14(22-17-15(12-18)19-6-7-21-17)13-23-8-10-24(11-9-23)16-4-2-3-5-20-16/h2-7,14H,8-11,13H2,1H3,(H,21,22)/t14-/m0/s1. The molecule has 3 rings (SSSR count).